The van der Waals surface area contributed by atoms with Crippen LogP contribution in [0.15, 0.2) is 218 Å². The van der Waals surface area contributed by atoms with Crippen molar-refractivity contribution in [3.05, 3.63) is 218 Å². The van der Waals surface area contributed by atoms with E-state index in [2.05, 4.69) is 205 Å². The minimum atomic E-state index is 0.678. The third-order valence-electron chi connectivity index (χ3n) is 11.8. The Morgan fingerprint density at radius 2 is 0.903 bits per heavy atom. The van der Waals surface area contributed by atoms with Gasteiger partial charge in [-0.15, -0.1) is 11.3 Å². The van der Waals surface area contributed by atoms with Gasteiger partial charge >= 0.3 is 0 Å². The van der Waals surface area contributed by atoms with E-state index in [4.69, 9.17) is 15.1 Å². The van der Waals surface area contributed by atoms with Crippen LogP contribution in [0.2, 0.25) is 0 Å². The van der Waals surface area contributed by atoms with Gasteiger partial charge in [0, 0.05) is 58.9 Å². The van der Waals surface area contributed by atoms with Gasteiger partial charge in [-0.05, 0) is 58.5 Å². The van der Waals surface area contributed by atoms with Crippen molar-refractivity contribution >= 4 is 47.8 Å². The van der Waals surface area contributed by atoms with E-state index >= 15 is 0 Å². The number of hydrogen-bond donors (Lipinski definition) is 0. The fourth-order valence-electron chi connectivity index (χ4n) is 8.83. The maximum Gasteiger partial charge on any atom is 0.160 e. The van der Waals surface area contributed by atoms with Crippen molar-refractivity contribution in [1.29, 1.82) is 0 Å². The molecule has 0 radical (unpaired) electrons. The Bertz CT molecular complexity index is 3630. The highest BCUT2D eigenvalue weighted by Crippen LogP contribution is 2.42. The van der Waals surface area contributed by atoms with Gasteiger partial charge in [-0.1, -0.05) is 182 Å². The molecule has 4 aromatic heterocycles. The third kappa shape index (κ3) is 6.26. The van der Waals surface area contributed by atoms with E-state index in [9.17, 15) is 0 Å². The summed E-state index contributed by atoms with van der Waals surface area (Å²) in [6, 6.07) is 77.3. The van der Waals surface area contributed by atoms with Gasteiger partial charge in [0.05, 0.1) is 22.6 Å². The maximum atomic E-state index is 5.51. The summed E-state index contributed by atoms with van der Waals surface area (Å²) in [5.41, 5.74) is 14.4. The summed E-state index contributed by atoms with van der Waals surface area (Å²) in [6.07, 6.45) is 0. The van der Waals surface area contributed by atoms with Crippen LogP contribution in [0.3, 0.4) is 0 Å². The number of fused-ring (bicyclic) bond motifs is 6. The van der Waals surface area contributed by atoms with Gasteiger partial charge in [0.1, 0.15) is 5.69 Å². The molecule has 5 heteroatoms. The number of nitrogens with zero attached hydrogens (tertiary/aromatic N) is 4. The van der Waals surface area contributed by atoms with Crippen LogP contribution in [0.4, 0.5) is 0 Å². The van der Waals surface area contributed by atoms with E-state index < -0.39 is 0 Å². The second-order valence-corrected chi connectivity index (χ2v) is 16.7. The average molecular weight is 809 g/mol. The molecular weight excluding hydrogens is 773 g/mol. The first-order chi connectivity index (χ1) is 30.7. The van der Waals surface area contributed by atoms with Crippen molar-refractivity contribution in [3.8, 4) is 78.7 Å². The molecule has 0 aliphatic rings. The molecule has 4 heterocycles. The standard InChI is InChI=1S/C57H36N4S/c1-4-16-37(17-5-1)51-34-42-22-10-11-27-46(42)56-54(38-18-6-2-7-19-38)55(60-61(51)56)45-26-15-25-44(33-45)50-36-49(58-57(59-50)39-20-8-3-9-21-39)43-24-14-23-40(32-43)41-30-31-48-47-28-12-13-29-52(47)62-53(48)35-41/h1-36H. The molecular formula is C57H36N4S. The summed E-state index contributed by atoms with van der Waals surface area (Å²) in [7, 11) is 0. The predicted molar refractivity (Wildman–Crippen MR) is 259 cm³/mol. The van der Waals surface area contributed by atoms with Crippen LogP contribution in [0, 0.1) is 0 Å². The molecule has 290 valence electrons. The van der Waals surface area contributed by atoms with Crippen LogP contribution in [-0.4, -0.2) is 19.6 Å². The predicted octanol–water partition coefficient (Wildman–Crippen LogP) is 15.3. The van der Waals surface area contributed by atoms with Gasteiger partial charge in [0.25, 0.3) is 0 Å². The average Bonchev–Trinajstić information content (AvgIpc) is 3.94. The number of pyridine rings is 1. The first kappa shape index (κ1) is 35.9. The van der Waals surface area contributed by atoms with Crippen molar-refractivity contribution in [3.63, 3.8) is 0 Å². The number of rotatable bonds is 7. The van der Waals surface area contributed by atoms with Crippen LogP contribution in [0.5, 0.6) is 0 Å². The van der Waals surface area contributed by atoms with Gasteiger partial charge < -0.3 is 0 Å². The Morgan fingerprint density at radius 3 is 1.65 bits per heavy atom. The van der Waals surface area contributed by atoms with Crippen LogP contribution in [0.1, 0.15) is 0 Å². The molecule has 12 aromatic rings. The summed E-state index contributed by atoms with van der Waals surface area (Å²) in [4.78, 5) is 10.5. The van der Waals surface area contributed by atoms with Crippen LogP contribution in [0.25, 0.3) is 115 Å². The highest BCUT2D eigenvalue weighted by molar-refractivity contribution is 7.25. The van der Waals surface area contributed by atoms with Crippen molar-refractivity contribution in [2.45, 2.75) is 0 Å². The molecule has 0 N–H and O–H groups in total. The Hall–Kier alpha value is -7.99. The lowest BCUT2D eigenvalue weighted by Gasteiger charge is -2.12. The van der Waals surface area contributed by atoms with Crippen LogP contribution >= 0.6 is 11.3 Å². The zero-order valence-electron chi connectivity index (χ0n) is 33.5. The number of benzene rings is 8. The van der Waals surface area contributed by atoms with Crippen molar-refractivity contribution in [1.82, 2.24) is 19.6 Å². The molecule has 4 nitrogen and oxygen atoms in total. The van der Waals surface area contributed by atoms with E-state index in [0.29, 0.717) is 5.82 Å². The monoisotopic (exact) mass is 808 g/mol. The van der Waals surface area contributed by atoms with Gasteiger partial charge in [0.15, 0.2) is 5.82 Å². The fourth-order valence-corrected chi connectivity index (χ4v) is 9.98. The van der Waals surface area contributed by atoms with Gasteiger partial charge in [-0.25, -0.2) is 14.5 Å². The van der Waals surface area contributed by atoms with Crippen LogP contribution in [-0.2, 0) is 0 Å². The lowest BCUT2D eigenvalue weighted by atomic mass is 9.95. The van der Waals surface area contributed by atoms with Gasteiger partial charge in [-0.3, -0.25) is 0 Å². The number of aromatic nitrogens is 4. The highest BCUT2D eigenvalue weighted by atomic mass is 32.1. The molecule has 0 fully saturated rings. The Balaban J connectivity index is 1.03. The SMILES string of the molecule is c1ccc(-c2nc(-c3cccc(-c4ccc5c(c4)sc4ccccc45)c3)cc(-c3cccc(-c4nn5c(-c6ccccc6)cc6ccccc6c5c4-c4ccccc4)c3)n2)cc1. The summed E-state index contributed by atoms with van der Waals surface area (Å²) >= 11 is 1.84. The molecule has 0 aliphatic heterocycles. The second kappa shape index (κ2) is 14.9. The van der Waals surface area contributed by atoms with Crippen molar-refractivity contribution in [2.75, 3.05) is 0 Å². The second-order valence-electron chi connectivity index (χ2n) is 15.6. The molecule has 62 heavy (non-hydrogen) atoms. The van der Waals surface area contributed by atoms with E-state index in [1.54, 1.807) is 0 Å². The van der Waals surface area contributed by atoms with E-state index in [0.717, 1.165) is 78.2 Å². The minimum Gasteiger partial charge on any atom is -0.231 e. The zero-order chi connectivity index (χ0) is 41.0. The van der Waals surface area contributed by atoms with Crippen molar-refractivity contribution in [2.24, 2.45) is 0 Å². The lowest BCUT2D eigenvalue weighted by Crippen LogP contribution is -1.96. The van der Waals surface area contributed by atoms with Crippen LogP contribution < -0.4 is 0 Å². The largest absolute Gasteiger partial charge is 0.231 e. The molecule has 8 aromatic carbocycles. The summed E-state index contributed by atoms with van der Waals surface area (Å²) in [6.45, 7) is 0. The third-order valence-corrected chi connectivity index (χ3v) is 12.9. The van der Waals surface area contributed by atoms with Crippen molar-refractivity contribution < 1.29 is 0 Å². The quantitative estimate of drug-likeness (QED) is 0.161. The molecule has 0 amide bonds. The molecule has 0 saturated heterocycles. The Labute approximate surface area is 362 Å². The van der Waals surface area contributed by atoms with Gasteiger partial charge in [-0.2, -0.15) is 5.10 Å². The summed E-state index contributed by atoms with van der Waals surface area (Å²) in [5.74, 6) is 0.678. The maximum absolute atomic E-state index is 5.51. The lowest BCUT2D eigenvalue weighted by molar-refractivity contribution is 0.979. The van der Waals surface area contributed by atoms with E-state index in [-0.39, 0.29) is 0 Å². The molecule has 0 atom stereocenters. The first-order valence-electron chi connectivity index (χ1n) is 20.8. The molecule has 0 spiro atoms. The number of hydrogen-bond acceptors (Lipinski definition) is 4. The molecule has 0 bridgehead atoms. The summed E-state index contributed by atoms with van der Waals surface area (Å²) in [5, 5.41) is 10.4. The molecule has 0 aliphatic carbocycles. The molecule has 0 unspecified atom stereocenters. The van der Waals surface area contributed by atoms with Gasteiger partial charge in [0.2, 0.25) is 0 Å². The van der Waals surface area contributed by atoms with E-state index in [1.807, 2.05) is 29.5 Å². The Morgan fingerprint density at radius 1 is 0.355 bits per heavy atom. The topological polar surface area (TPSA) is 43.1 Å². The van der Waals surface area contributed by atoms with E-state index in [1.165, 1.54) is 31.1 Å². The smallest absolute Gasteiger partial charge is 0.160 e. The minimum absolute atomic E-state index is 0.678. The fraction of sp³-hybridized carbons (Fsp3) is 0. The zero-order valence-corrected chi connectivity index (χ0v) is 34.3. The number of thiophene rings is 1. The molecule has 12 rings (SSSR count). The highest BCUT2D eigenvalue weighted by Gasteiger charge is 2.22. The summed E-state index contributed by atoms with van der Waals surface area (Å²) < 4.78 is 4.74. The first-order valence-corrected chi connectivity index (χ1v) is 21.7. The Kier molecular flexibility index (Phi) is 8.65. The molecule has 0 saturated carbocycles. The normalized spacial score (nSPS) is 11.5.